The van der Waals surface area contributed by atoms with Crippen LogP contribution in [-0.2, 0) is 6.42 Å². The molecule has 0 bridgehead atoms. The van der Waals surface area contributed by atoms with E-state index in [1.54, 1.807) is 6.07 Å². The number of carbonyl (C=O) groups excluding carboxylic acids is 1. The molecule has 8 heteroatoms. The minimum absolute atomic E-state index is 0.0953. The van der Waals surface area contributed by atoms with Crippen LogP contribution in [0.1, 0.15) is 54.9 Å². The first-order valence-corrected chi connectivity index (χ1v) is 14.3. The van der Waals surface area contributed by atoms with Crippen molar-refractivity contribution in [2.75, 3.05) is 38.0 Å². The molecule has 2 heterocycles. The molecule has 2 atom stereocenters. The normalized spacial score (nSPS) is 21.2. The van der Waals surface area contributed by atoms with E-state index >= 15 is 0 Å². The Morgan fingerprint density at radius 2 is 1.86 bits per heavy atom. The van der Waals surface area contributed by atoms with Gasteiger partial charge < -0.3 is 26.2 Å². The van der Waals surface area contributed by atoms with Crippen LogP contribution in [0, 0.1) is 0 Å². The first-order chi connectivity index (χ1) is 18.0. The molecule has 2 aromatic carbocycles. The predicted molar refractivity (Wildman–Crippen MR) is 155 cm³/mol. The van der Waals surface area contributed by atoms with Crippen LogP contribution in [0.25, 0.3) is 0 Å². The third-order valence-electron chi connectivity index (χ3n) is 7.03. The number of piperazine rings is 1. The van der Waals surface area contributed by atoms with Gasteiger partial charge in [-0.05, 0) is 80.8 Å². The number of hydrogen-bond acceptors (Lipinski definition) is 5. The molecule has 0 aromatic heterocycles. The number of nitrogens with one attached hydrogen (secondary N) is 4. The Labute approximate surface area is 231 Å². The fourth-order valence-electron chi connectivity index (χ4n) is 4.93. The van der Waals surface area contributed by atoms with E-state index in [1.807, 2.05) is 36.4 Å². The second-order valence-electron chi connectivity index (χ2n) is 10.1. The lowest BCUT2D eigenvalue weighted by molar-refractivity contribution is 0.0954. The molecule has 1 unspecified atom stereocenters. The van der Waals surface area contributed by atoms with Crippen molar-refractivity contribution in [1.29, 1.82) is 0 Å². The Kier molecular flexibility index (Phi) is 10.6. The third-order valence-corrected chi connectivity index (χ3v) is 7.62. The molecule has 0 spiro atoms. The van der Waals surface area contributed by atoms with Crippen molar-refractivity contribution in [3.63, 3.8) is 0 Å². The Hall–Kier alpha value is -2.25. The summed E-state index contributed by atoms with van der Waals surface area (Å²) in [5, 5.41) is 15.1. The summed E-state index contributed by atoms with van der Waals surface area (Å²) < 4.78 is 0. The number of halogens is 2. The summed E-state index contributed by atoms with van der Waals surface area (Å²) in [7, 11) is 0. The van der Waals surface area contributed by atoms with Crippen LogP contribution in [0.5, 0.6) is 0 Å². The largest absolute Gasteiger partial charge is 0.356 e. The van der Waals surface area contributed by atoms with Crippen molar-refractivity contribution in [3.8, 4) is 0 Å². The fraction of sp³-hybridized carbons (Fsp3) is 0.483. The zero-order valence-electron chi connectivity index (χ0n) is 21.7. The molecule has 2 aliphatic heterocycles. The average Bonchev–Trinajstić information content (AvgIpc) is 2.86. The summed E-state index contributed by atoms with van der Waals surface area (Å²) in [5.74, 6) is 1.05. The quantitative estimate of drug-likeness (QED) is 0.357. The number of anilines is 1. The Morgan fingerprint density at radius 1 is 1.05 bits per heavy atom. The highest BCUT2D eigenvalue weighted by molar-refractivity contribution is 6.35. The van der Waals surface area contributed by atoms with Crippen LogP contribution in [0.2, 0.25) is 10.0 Å². The molecule has 37 heavy (non-hydrogen) atoms. The van der Waals surface area contributed by atoms with Gasteiger partial charge in [-0.1, -0.05) is 48.5 Å². The summed E-state index contributed by atoms with van der Waals surface area (Å²) in [6.07, 6.45) is 9.31. The average molecular weight is 545 g/mol. The lowest BCUT2D eigenvalue weighted by Gasteiger charge is -2.36. The van der Waals surface area contributed by atoms with E-state index in [-0.39, 0.29) is 5.91 Å². The maximum absolute atomic E-state index is 12.7. The smallest absolute Gasteiger partial charge is 0.251 e. The molecule has 0 aliphatic carbocycles. The monoisotopic (exact) mass is 543 g/mol. The summed E-state index contributed by atoms with van der Waals surface area (Å²) in [5.41, 5.74) is 2.58. The SMILES string of the molecule is C[C@H]1CN(C(=CC2CCCCCCN2)Nc2ccc(C(=O)NCCc3ccc(Cl)cc3Cl)cc2)CCN1. The van der Waals surface area contributed by atoms with E-state index in [0.29, 0.717) is 40.7 Å². The van der Waals surface area contributed by atoms with Gasteiger partial charge in [0.05, 0.1) is 0 Å². The summed E-state index contributed by atoms with van der Waals surface area (Å²) in [6, 6.07) is 14.0. The lowest BCUT2D eigenvalue weighted by Crippen LogP contribution is -2.50. The fourth-order valence-corrected chi connectivity index (χ4v) is 5.44. The van der Waals surface area contributed by atoms with E-state index in [0.717, 1.165) is 49.7 Å². The van der Waals surface area contributed by atoms with Gasteiger partial charge in [-0.15, -0.1) is 0 Å². The molecule has 0 saturated carbocycles. The van der Waals surface area contributed by atoms with Crippen LogP contribution in [0.15, 0.2) is 54.4 Å². The maximum Gasteiger partial charge on any atom is 0.251 e. The molecule has 2 aromatic rings. The van der Waals surface area contributed by atoms with Crippen molar-refractivity contribution in [3.05, 3.63) is 75.5 Å². The van der Waals surface area contributed by atoms with Crippen molar-refractivity contribution in [2.24, 2.45) is 0 Å². The van der Waals surface area contributed by atoms with Crippen LogP contribution in [0.4, 0.5) is 5.69 Å². The Balaban J connectivity index is 1.38. The third kappa shape index (κ3) is 8.64. The minimum Gasteiger partial charge on any atom is -0.356 e. The van der Waals surface area contributed by atoms with Crippen molar-refractivity contribution in [1.82, 2.24) is 20.9 Å². The van der Waals surface area contributed by atoms with Gasteiger partial charge in [0.25, 0.3) is 5.91 Å². The summed E-state index contributed by atoms with van der Waals surface area (Å²) in [6.45, 7) is 6.70. The molecule has 4 rings (SSSR count). The second-order valence-corrected chi connectivity index (χ2v) is 10.9. The van der Waals surface area contributed by atoms with Crippen molar-refractivity contribution in [2.45, 2.75) is 57.5 Å². The molecule has 2 saturated heterocycles. The minimum atomic E-state index is -0.0953. The van der Waals surface area contributed by atoms with Gasteiger partial charge in [0.15, 0.2) is 0 Å². The highest BCUT2D eigenvalue weighted by atomic mass is 35.5. The number of nitrogens with zero attached hydrogens (tertiary/aromatic N) is 1. The Bertz CT molecular complexity index is 1050. The zero-order chi connectivity index (χ0) is 26.0. The molecule has 0 radical (unpaired) electrons. The Morgan fingerprint density at radius 3 is 2.65 bits per heavy atom. The number of rotatable bonds is 8. The van der Waals surface area contributed by atoms with Gasteiger partial charge >= 0.3 is 0 Å². The van der Waals surface area contributed by atoms with Gasteiger partial charge in [0, 0.05) is 59.6 Å². The number of benzene rings is 2. The van der Waals surface area contributed by atoms with Crippen LogP contribution in [-0.4, -0.2) is 55.6 Å². The standard InChI is InChI=1S/C29H39Cl2N5O/c1-21-20-36(17-16-32-21)28(19-26-6-4-2-3-5-14-33-26)35-25-11-8-23(9-12-25)29(37)34-15-13-22-7-10-24(30)18-27(22)31/h7-12,18-19,21,26,32-33,35H,2-6,13-17,20H2,1H3,(H,34,37)/t21-,26?/m0/s1. The van der Waals surface area contributed by atoms with Gasteiger partial charge in [-0.3, -0.25) is 4.79 Å². The first kappa shape index (κ1) is 27.8. The molecule has 1 amide bonds. The predicted octanol–water partition coefficient (Wildman–Crippen LogP) is 5.44. The van der Waals surface area contributed by atoms with Gasteiger partial charge in [0.1, 0.15) is 5.82 Å². The molecule has 2 fully saturated rings. The topological polar surface area (TPSA) is 68.4 Å². The van der Waals surface area contributed by atoms with Crippen molar-refractivity contribution < 1.29 is 4.79 Å². The second kappa shape index (κ2) is 14.1. The van der Waals surface area contributed by atoms with Gasteiger partial charge in [0.2, 0.25) is 0 Å². The van der Waals surface area contributed by atoms with Gasteiger partial charge in [-0.25, -0.2) is 0 Å². The first-order valence-electron chi connectivity index (χ1n) is 13.5. The number of hydrogen-bond donors (Lipinski definition) is 4. The molecule has 6 nitrogen and oxygen atoms in total. The van der Waals surface area contributed by atoms with E-state index in [1.165, 1.54) is 25.7 Å². The van der Waals surface area contributed by atoms with Crippen LogP contribution in [0.3, 0.4) is 0 Å². The molecular weight excluding hydrogens is 505 g/mol. The highest BCUT2D eigenvalue weighted by Crippen LogP contribution is 2.22. The molecule has 200 valence electrons. The highest BCUT2D eigenvalue weighted by Gasteiger charge is 2.20. The molecule has 4 N–H and O–H groups in total. The van der Waals surface area contributed by atoms with E-state index in [4.69, 9.17) is 23.2 Å². The van der Waals surface area contributed by atoms with E-state index in [9.17, 15) is 4.79 Å². The van der Waals surface area contributed by atoms with E-state index in [2.05, 4.69) is 39.2 Å². The maximum atomic E-state index is 12.7. The summed E-state index contributed by atoms with van der Waals surface area (Å²) >= 11 is 12.2. The lowest BCUT2D eigenvalue weighted by atomic mass is 10.0. The van der Waals surface area contributed by atoms with E-state index < -0.39 is 0 Å². The zero-order valence-corrected chi connectivity index (χ0v) is 23.2. The number of carbonyl (C=O) groups is 1. The van der Waals surface area contributed by atoms with Crippen molar-refractivity contribution >= 4 is 34.8 Å². The number of amides is 1. The van der Waals surface area contributed by atoms with Gasteiger partial charge in [-0.2, -0.15) is 0 Å². The molecular formula is C29H39Cl2N5O. The van der Waals surface area contributed by atoms with Crippen LogP contribution < -0.4 is 21.3 Å². The van der Waals surface area contributed by atoms with Crippen LogP contribution >= 0.6 is 23.2 Å². The molecule has 2 aliphatic rings. The summed E-state index contributed by atoms with van der Waals surface area (Å²) in [4.78, 5) is 15.1.